The summed E-state index contributed by atoms with van der Waals surface area (Å²) in [6.07, 6.45) is 7.46. The van der Waals surface area contributed by atoms with E-state index in [2.05, 4.69) is 85.0 Å². The van der Waals surface area contributed by atoms with E-state index < -0.39 is 0 Å². The van der Waals surface area contributed by atoms with Crippen LogP contribution in [0.15, 0.2) is 54.7 Å². The van der Waals surface area contributed by atoms with E-state index in [0.717, 1.165) is 25.3 Å². The molecule has 0 saturated heterocycles. The van der Waals surface area contributed by atoms with Gasteiger partial charge < -0.3 is 15.0 Å². The minimum Gasteiger partial charge on any atom is -0.483 e. The Morgan fingerprint density at radius 3 is 2.76 bits per heavy atom. The van der Waals surface area contributed by atoms with E-state index in [9.17, 15) is 0 Å². The van der Waals surface area contributed by atoms with Crippen LogP contribution < -0.4 is 10.1 Å². The Balaban J connectivity index is 1.51. The number of nitrogens with one attached hydrogen (secondary N) is 2. The monoisotopic (exact) mass is 332 g/mol. The molecule has 1 aromatic heterocycles. The quantitative estimate of drug-likeness (QED) is 0.665. The van der Waals surface area contributed by atoms with Crippen molar-refractivity contribution in [2.75, 3.05) is 6.54 Å². The molecular formula is C22H24N2O. The smallest absolute Gasteiger partial charge is 0.128 e. The Morgan fingerprint density at radius 1 is 1.08 bits per heavy atom. The zero-order chi connectivity index (χ0) is 17.3. The maximum Gasteiger partial charge on any atom is 0.128 e. The summed E-state index contributed by atoms with van der Waals surface area (Å²) in [6, 6.07) is 14.7. The highest BCUT2D eigenvalue weighted by Crippen LogP contribution is 2.37. The second-order valence-electron chi connectivity index (χ2n) is 7.17. The minimum atomic E-state index is -0.242. The second kappa shape index (κ2) is 6.41. The largest absolute Gasteiger partial charge is 0.483 e. The molecule has 0 saturated carbocycles. The van der Waals surface area contributed by atoms with Gasteiger partial charge in [-0.25, -0.2) is 0 Å². The van der Waals surface area contributed by atoms with Gasteiger partial charge in [0, 0.05) is 29.2 Å². The highest BCUT2D eigenvalue weighted by Gasteiger charge is 2.23. The molecule has 4 rings (SSSR count). The summed E-state index contributed by atoms with van der Waals surface area (Å²) in [6.45, 7) is 6.02. The van der Waals surface area contributed by atoms with Crippen molar-refractivity contribution < 1.29 is 4.74 Å². The number of H-pyrrole nitrogens is 1. The third kappa shape index (κ3) is 3.33. The molecule has 0 aliphatic carbocycles. The van der Waals surface area contributed by atoms with Gasteiger partial charge in [-0.1, -0.05) is 36.4 Å². The molecule has 2 aromatic carbocycles. The molecule has 25 heavy (non-hydrogen) atoms. The van der Waals surface area contributed by atoms with Gasteiger partial charge in [0.2, 0.25) is 0 Å². The van der Waals surface area contributed by atoms with Crippen LogP contribution in [0.3, 0.4) is 0 Å². The van der Waals surface area contributed by atoms with Crippen molar-refractivity contribution in [3.63, 3.8) is 0 Å². The molecule has 1 aliphatic rings. The normalized spacial score (nSPS) is 15.1. The van der Waals surface area contributed by atoms with Gasteiger partial charge in [0.05, 0.1) is 0 Å². The lowest BCUT2D eigenvalue weighted by Crippen LogP contribution is -2.27. The van der Waals surface area contributed by atoms with E-state index in [1.54, 1.807) is 0 Å². The van der Waals surface area contributed by atoms with Crippen molar-refractivity contribution in [2.24, 2.45) is 0 Å². The van der Waals surface area contributed by atoms with Crippen LogP contribution >= 0.6 is 0 Å². The van der Waals surface area contributed by atoms with Crippen molar-refractivity contribution in [3.8, 4) is 5.75 Å². The molecular weight excluding hydrogens is 308 g/mol. The number of aromatic amines is 1. The standard InChI is InChI=1S/C22H24N2O/c1-22(2)12-10-18-20(25-22)9-8-19-21(18)17(15-24-19)11-13-23-14-16-6-4-3-5-7-16/h3-10,12,15,23-24H,11,13-14H2,1-2H3. The zero-order valence-corrected chi connectivity index (χ0v) is 14.8. The van der Waals surface area contributed by atoms with Gasteiger partial charge in [0.25, 0.3) is 0 Å². The van der Waals surface area contributed by atoms with Gasteiger partial charge >= 0.3 is 0 Å². The molecule has 0 spiro atoms. The summed E-state index contributed by atoms with van der Waals surface area (Å²) < 4.78 is 6.12. The topological polar surface area (TPSA) is 37.0 Å². The molecule has 3 aromatic rings. The molecule has 0 bridgehead atoms. The summed E-state index contributed by atoms with van der Waals surface area (Å²) in [7, 11) is 0. The molecule has 0 fully saturated rings. The Hall–Kier alpha value is -2.52. The second-order valence-corrected chi connectivity index (χ2v) is 7.17. The van der Waals surface area contributed by atoms with Gasteiger partial charge in [-0.3, -0.25) is 0 Å². The van der Waals surface area contributed by atoms with E-state index in [0.29, 0.717) is 0 Å². The van der Waals surface area contributed by atoms with Crippen LogP contribution in [0.25, 0.3) is 17.0 Å². The zero-order valence-electron chi connectivity index (χ0n) is 14.8. The summed E-state index contributed by atoms with van der Waals surface area (Å²) in [5.41, 5.74) is 4.77. The van der Waals surface area contributed by atoms with Crippen LogP contribution in [0, 0.1) is 0 Å². The first-order valence-corrected chi connectivity index (χ1v) is 8.88. The third-order valence-electron chi connectivity index (χ3n) is 4.70. The van der Waals surface area contributed by atoms with Gasteiger partial charge in [0.15, 0.2) is 0 Å². The average Bonchev–Trinajstić information content (AvgIpc) is 3.02. The Bertz CT molecular complexity index is 906. The number of rotatable bonds is 5. The first-order chi connectivity index (χ1) is 12.1. The Kier molecular flexibility index (Phi) is 4.10. The molecule has 1 aliphatic heterocycles. The molecule has 2 N–H and O–H groups in total. The molecule has 3 heteroatoms. The molecule has 0 atom stereocenters. The van der Waals surface area contributed by atoms with E-state index in [1.807, 2.05) is 0 Å². The Labute approximate surface area is 148 Å². The Morgan fingerprint density at radius 2 is 1.92 bits per heavy atom. The molecule has 0 unspecified atom stereocenters. The SMILES string of the molecule is CC1(C)C=Cc2c(ccc3[nH]cc(CCNCc4ccccc4)c23)O1. The lowest BCUT2D eigenvalue weighted by molar-refractivity contribution is 0.159. The van der Waals surface area contributed by atoms with E-state index in [-0.39, 0.29) is 5.60 Å². The number of hydrogen-bond donors (Lipinski definition) is 2. The fourth-order valence-corrected chi connectivity index (χ4v) is 3.41. The molecule has 0 amide bonds. The van der Waals surface area contributed by atoms with Crippen LogP contribution in [0.4, 0.5) is 0 Å². The predicted octanol–water partition coefficient (Wildman–Crippen LogP) is 4.68. The number of hydrogen-bond acceptors (Lipinski definition) is 2. The van der Waals surface area contributed by atoms with Crippen molar-refractivity contribution in [1.82, 2.24) is 10.3 Å². The van der Waals surface area contributed by atoms with Crippen LogP contribution in [-0.4, -0.2) is 17.1 Å². The van der Waals surface area contributed by atoms with Crippen molar-refractivity contribution >= 4 is 17.0 Å². The number of fused-ring (bicyclic) bond motifs is 3. The summed E-state index contributed by atoms with van der Waals surface area (Å²) in [5.74, 6) is 0.970. The van der Waals surface area contributed by atoms with Crippen LogP contribution in [0.5, 0.6) is 5.75 Å². The van der Waals surface area contributed by atoms with Crippen LogP contribution in [0.1, 0.15) is 30.5 Å². The highest BCUT2D eigenvalue weighted by atomic mass is 16.5. The highest BCUT2D eigenvalue weighted by molar-refractivity contribution is 5.94. The predicted molar refractivity (Wildman–Crippen MR) is 104 cm³/mol. The number of benzene rings is 2. The first kappa shape index (κ1) is 16.0. The van der Waals surface area contributed by atoms with Gasteiger partial charge in [-0.2, -0.15) is 0 Å². The van der Waals surface area contributed by atoms with Crippen LogP contribution in [0.2, 0.25) is 0 Å². The van der Waals surface area contributed by atoms with Gasteiger partial charge in [-0.05, 0) is 56.1 Å². The summed E-state index contributed by atoms with van der Waals surface area (Å²) >= 11 is 0. The average molecular weight is 332 g/mol. The minimum absolute atomic E-state index is 0.242. The number of aromatic nitrogens is 1. The summed E-state index contributed by atoms with van der Waals surface area (Å²) in [5, 5.41) is 4.82. The molecule has 3 nitrogen and oxygen atoms in total. The molecule has 2 heterocycles. The molecule has 0 radical (unpaired) electrons. The lowest BCUT2D eigenvalue weighted by atomic mass is 9.97. The van der Waals surface area contributed by atoms with Crippen molar-refractivity contribution in [2.45, 2.75) is 32.4 Å². The maximum absolute atomic E-state index is 6.12. The van der Waals surface area contributed by atoms with Crippen molar-refractivity contribution in [1.29, 1.82) is 0 Å². The fourth-order valence-electron chi connectivity index (χ4n) is 3.41. The van der Waals surface area contributed by atoms with Gasteiger partial charge in [0.1, 0.15) is 11.4 Å². The first-order valence-electron chi connectivity index (χ1n) is 8.88. The lowest BCUT2D eigenvalue weighted by Gasteiger charge is -2.28. The third-order valence-corrected chi connectivity index (χ3v) is 4.70. The van der Waals surface area contributed by atoms with E-state index in [1.165, 1.54) is 27.6 Å². The van der Waals surface area contributed by atoms with E-state index >= 15 is 0 Å². The van der Waals surface area contributed by atoms with Crippen LogP contribution in [-0.2, 0) is 13.0 Å². The molecule has 128 valence electrons. The van der Waals surface area contributed by atoms with E-state index in [4.69, 9.17) is 4.74 Å². The van der Waals surface area contributed by atoms with Gasteiger partial charge in [-0.15, -0.1) is 0 Å². The van der Waals surface area contributed by atoms with Crippen molar-refractivity contribution in [3.05, 3.63) is 71.4 Å². The maximum atomic E-state index is 6.12. The summed E-state index contributed by atoms with van der Waals surface area (Å²) in [4.78, 5) is 3.40. The number of ether oxygens (including phenoxy) is 1. The fraction of sp³-hybridized carbons (Fsp3) is 0.273.